The van der Waals surface area contributed by atoms with Crippen LogP contribution >= 0.6 is 0 Å². The monoisotopic (exact) mass is 255 g/mol. The quantitative estimate of drug-likeness (QED) is 0.882. The van der Waals surface area contributed by atoms with E-state index in [1.165, 1.54) is 0 Å². The number of hydrogen-bond acceptors (Lipinski definition) is 4. The summed E-state index contributed by atoms with van der Waals surface area (Å²) in [5.41, 5.74) is 0. The predicted octanol–water partition coefficient (Wildman–Crippen LogP) is 1.22. The summed E-state index contributed by atoms with van der Waals surface area (Å²) in [7, 11) is -1.62. The molecule has 0 aromatic heterocycles. The summed E-state index contributed by atoms with van der Waals surface area (Å²) in [6.07, 6.45) is 1.38. The van der Waals surface area contributed by atoms with Crippen LogP contribution in [-0.2, 0) is 9.84 Å². The van der Waals surface area contributed by atoms with Crippen molar-refractivity contribution in [3.63, 3.8) is 0 Å². The fraction of sp³-hybridized carbons (Fsp3) is 0.500. The van der Waals surface area contributed by atoms with Crippen LogP contribution < -0.4 is 10.1 Å². The number of sulfone groups is 1. The molecule has 0 bridgehead atoms. The van der Waals surface area contributed by atoms with E-state index >= 15 is 0 Å². The molecule has 0 amide bonds. The Morgan fingerprint density at radius 3 is 2.29 bits per heavy atom. The maximum Gasteiger partial charge on any atom is 0.181 e. The van der Waals surface area contributed by atoms with Crippen molar-refractivity contribution < 1.29 is 13.2 Å². The van der Waals surface area contributed by atoms with Gasteiger partial charge in [-0.15, -0.1) is 0 Å². The summed E-state index contributed by atoms with van der Waals surface area (Å²) >= 11 is 0. The Labute approximate surface area is 102 Å². The number of methoxy groups -OCH3 is 1. The second-order valence-electron chi connectivity index (χ2n) is 4.17. The lowest BCUT2D eigenvalue weighted by molar-refractivity contribution is 0.414. The lowest BCUT2D eigenvalue weighted by atomic mass is 10.2. The van der Waals surface area contributed by atoms with E-state index in [0.29, 0.717) is 23.5 Å². The first-order valence-corrected chi connectivity index (χ1v) is 7.28. The molecule has 0 atom stereocenters. The molecule has 1 aromatic rings. The molecule has 1 aliphatic rings. The van der Waals surface area contributed by atoms with Crippen molar-refractivity contribution in [1.82, 2.24) is 5.32 Å². The molecule has 1 N–H and O–H groups in total. The molecule has 0 spiro atoms. The largest absolute Gasteiger partial charge is 0.497 e. The maximum absolute atomic E-state index is 12.3. The number of benzene rings is 1. The van der Waals surface area contributed by atoms with Gasteiger partial charge in [0.25, 0.3) is 0 Å². The third kappa shape index (κ3) is 2.61. The Balaban J connectivity index is 2.23. The van der Waals surface area contributed by atoms with Gasteiger partial charge in [-0.3, -0.25) is 0 Å². The van der Waals surface area contributed by atoms with Crippen molar-refractivity contribution in [2.45, 2.75) is 23.0 Å². The molecular weight excluding hydrogens is 238 g/mol. The molecule has 4 nitrogen and oxygen atoms in total. The van der Waals surface area contributed by atoms with Crippen LogP contribution in [0, 0.1) is 0 Å². The zero-order valence-electron chi connectivity index (χ0n) is 9.85. The molecule has 1 saturated heterocycles. The maximum atomic E-state index is 12.3. The minimum Gasteiger partial charge on any atom is -0.497 e. The van der Waals surface area contributed by atoms with Crippen molar-refractivity contribution in [3.8, 4) is 5.75 Å². The molecule has 17 heavy (non-hydrogen) atoms. The van der Waals surface area contributed by atoms with E-state index < -0.39 is 9.84 Å². The first kappa shape index (κ1) is 12.4. The van der Waals surface area contributed by atoms with Gasteiger partial charge in [0.2, 0.25) is 0 Å². The fourth-order valence-corrected chi connectivity index (χ4v) is 3.82. The van der Waals surface area contributed by atoms with E-state index in [4.69, 9.17) is 4.74 Å². The Morgan fingerprint density at radius 2 is 1.76 bits per heavy atom. The Bertz CT molecular complexity index is 461. The van der Waals surface area contributed by atoms with Gasteiger partial charge in [0.1, 0.15) is 5.75 Å². The lowest BCUT2D eigenvalue weighted by Crippen LogP contribution is -2.35. The average Bonchev–Trinajstić information content (AvgIpc) is 2.40. The van der Waals surface area contributed by atoms with Crippen LogP contribution in [0.3, 0.4) is 0 Å². The van der Waals surface area contributed by atoms with Gasteiger partial charge in [0.15, 0.2) is 9.84 Å². The van der Waals surface area contributed by atoms with E-state index in [-0.39, 0.29) is 5.25 Å². The molecule has 1 fully saturated rings. The first-order valence-electron chi connectivity index (χ1n) is 5.73. The normalized spacial score (nSPS) is 17.9. The first-order chi connectivity index (χ1) is 8.14. The van der Waals surface area contributed by atoms with Gasteiger partial charge >= 0.3 is 0 Å². The third-order valence-electron chi connectivity index (χ3n) is 3.11. The zero-order valence-corrected chi connectivity index (χ0v) is 10.7. The Hall–Kier alpha value is -1.07. The Kier molecular flexibility index (Phi) is 3.69. The fourth-order valence-electron chi connectivity index (χ4n) is 2.06. The van der Waals surface area contributed by atoms with Crippen molar-refractivity contribution in [2.24, 2.45) is 0 Å². The molecule has 94 valence electrons. The van der Waals surface area contributed by atoms with Gasteiger partial charge in [0.05, 0.1) is 17.3 Å². The van der Waals surface area contributed by atoms with E-state index in [0.717, 1.165) is 13.1 Å². The summed E-state index contributed by atoms with van der Waals surface area (Å²) in [6, 6.07) is 6.62. The minimum atomic E-state index is -3.18. The van der Waals surface area contributed by atoms with Gasteiger partial charge in [-0.2, -0.15) is 0 Å². The van der Waals surface area contributed by atoms with E-state index in [2.05, 4.69) is 5.32 Å². The molecular formula is C12H17NO3S. The Morgan fingerprint density at radius 1 is 1.18 bits per heavy atom. The SMILES string of the molecule is COc1ccc(S(=O)(=O)C2CCNCC2)cc1. The van der Waals surface area contributed by atoms with Crippen molar-refractivity contribution in [1.29, 1.82) is 0 Å². The standard InChI is InChI=1S/C12H17NO3S/c1-16-10-2-4-11(5-3-10)17(14,15)12-6-8-13-9-7-12/h2-5,12-13H,6-9H2,1H3. The van der Waals surface area contributed by atoms with Crippen LogP contribution in [-0.4, -0.2) is 33.9 Å². The third-order valence-corrected chi connectivity index (χ3v) is 5.39. The molecule has 1 heterocycles. The molecule has 1 aliphatic heterocycles. The molecule has 0 unspecified atom stereocenters. The number of rotatable bonds is 3. The van der Waals surface area contributed by atoms with Crippen LogP contribution in [0.2, 0.25) is 0 Å². The number of nitrogens with one attached hydrogen (secondary N) is 1. The highest BCUT2D eigenvalue weighted by Crippen LogP contribution is 2.23. The highest BCUT2D eigenvalue weighted by atomic mass is 32.2. The van der Waals surface area contributed by atoms with E-state index in [1.54, 1.807) is 31.4 Å². The van der Waals surface area contributed by atoms with Crippen LogP contribution in [0.5, 0.6) is 5.75 Å². The minimum absolute atomic E-state index is 0.253. The predicted molar refractivity (Wildman–Crippen MR) is 66.1 cm³/mol. The second-order valence-corrected chi connectivity index (χ2v) is 6.40. The second kappa shape index (κ2) is 5.06. The zero-order chi connectivity index (χ0) is 12.3. The van der Waals surface area contributed by atoms with Crippen molar-refractivity contribution in [2.75, 3.05) is 20.2 Å². The highest BCUT2D eigenvalue weighted by Gasteiger charge is 2.28. The summed E-state index contributed by atoms with van der Waals surface area (Å²) in [5.74, 6) is 0.675. The number of ether oxygens (including phenoxy) is 1. The van der Waals surface area contributed by atoms with Crippen LogP contribution in [0.1, 0.15) is 12.8 Å². The summed E-state index contributed by atoms with van der Waals surface area (Å²) in [5, 5.41) is 2.92. The molecule has 0 saturated carbocycles. The average molecular weight is 255 g/mol. The van der Waals surface area contributed by atoms with Gasteiger partial charge < -0.3 is 10.1 Å². The molecule has 1 aromatic carbocycles. The lowest BCUT2D eigenvalue weighted by Gasteiger charge is -2.22. The number of hydrogen-bond donors (Lipinski definition) is 1. The molecule has 0 aliphatic carbocycles. The molecule has 5 heteroatoms. The highest BCUT2D eigenvalue weighted by molar-refractivity contribution is 7.92. The van der Waals surface area contributed by atoms with Gasteiger partial charge in [0, 0.05) is 0 Å². The number of piperidine rings is 1. The van der Waals surface area contributed by atoms with Crippen LogP contribution in [0.15, 0.2) is 29.2 Å². The van der Waals surface area contributed by atoms with Crippen molar-refractivity contribution >= 4 is 9.84 Å². The van der Waals surface area contributed by atoms with Crippen molar-refractivity contribution in [3.05, 3.63) is 24.3 Å². The van der Waals surface area contributed by atoms with Gasteiger partial charge in [-0.05, 0) is 50.2 Å². The van der Waals surface area contributed by atoms with Gasteiger partial charge in [-0.1, -0.05) is 0 Å². The van der Waals surface area contributed by atoms with E-state index in [9.17, 15) is 8.42 Å². The van der Waals surface area contributed by atoms with Crippen LogP contribution in [0.4, 0.5) is 0 Å². The summed E-state index contributed by atoms with van der Waals surface area (Å²) in [6.45, 7) is 1.56. The summed E-state index contributed by atoms with van der Waals surface area (Å²) < 4.78 is 29.7. The summed E-state index contributed by atoms with van der Waals surface area (Å²) in [4.78, 5) is 0.394. The van der Waals surface area contributed by atoms with Crippen LogP contribution in [0.25, 0.3) is 0 Å². The molecule has 2 rings (SSSR count). The topological polar surface area (TPSA) is 55.4 Å². The van der Waals surface area contributed by atoms with Gasteiger partial charge in [-0.25, -0.2) is 8.42 Å². The van der Waals surface area contributed by atoms with E-state index in [1.807, 2.05) is 0 Å². The smallest absolute Gasteiger partial charge is 0.181 e. The molecule has 0 radical (unpaired) electrons.